The molecular formula is C28H26N2O2. The Labute approximate surface area is 188 Å². The third-order valence-corrected chi connectivity index (χ3v) is 5.30. The molecule has 1 amide bonds. The van der Waals surface area contributed by atoms with Crippen molar-refractivity contribution in [1.82, 2.24) is 4.98 Å². The van der Waals surface area contributed by atoms with Crippen molar-refractivity contribution in [1.29, 1.82) is 0 Å². The van der Waals surface area contributed by atoms with E-state index in [1.165, 1.54) is 11.6 Å². The average Bonchev–Trinajstić information content (AvgIpc) is 3.31. The molecule has 0 aliphatic carbocycles. The van der Waals surface area contributed by atoms with Gasteiger partial charge in [0.2, 0.25) is 5.91 Å². The summed E-state index contributed by atoms with van der Waals surface area (Å²) in [5, 5.41) is 4.88. The topological polar surface area (TPSA) is 55.1 Å². The van der Waals surface area contributed by atoms with Crippen molar-refractivity contribution in [2.24, 2.45) is 0 Å². The summed E-state index contributed by atoms with van der Waals surface area (Å²) in [5.41, 5.74) is 4.05. The molecule has 0 spiro atoms. The summed E-state index contributed by atoms with van der Waals surface area (Å²) in [5.74, 6) is 0.549. The lowest BCUT2D eigenvalue weighted by Crippen LogP contribution is -2.10. The van der Waals surface area contributed by atoms with E-state index in [1.807, 2.05) is 42.5 Å². The van der Waals surface area contributed by atoms with E-state index in [4.69, 9.17) is 4.42 Å². The van der Waals surface area contributed by atoms with Gasteiger partial charge in [-0.3, -0.25) is 9.78 Å². The standard InChI is InChI=1S/C28H26N2O2/c1-28(2,3)22-14-12-20(13-15-22)24(26-10-6-18-32-26)8-5-11-27(31)30-25-9-4-7-21-19-29-17-16-23(21)25/h4-19H,1-3H3,(H,30,31). The average molecular weight is 423 g/mol. The van der Waals surface area contributed by atoms with Crippen molar-refractivity contribution in [3.8, 4) is 0 Å². The van der Waals surface area contributed by atoms with E-state index in [9.17, 15) is 4.79 Å². The lowest BCUT2D eigenvalue weighted by molar-refractivity contribution is -0.111. The number of nitrogens with zero attached hydrogens (tertiary/aromatic N) is 1. The molecule has 2 heterocycles. The fourth-order valence-electron chi connectivity index (χ4n) is 3.54. The van der Waals surface area contributed by atoms with Crippen LogP contribution in [0.1, 0.15) is 37.7 Å². The molecule has 0 atom stereocenters. The second-order valence-electron chi connectivity index (χ2n) is 8.64. The summed E-state index contributed by atoms with van der Waals surface area (Å²) in [6.07, 6.45) is 10.3. The van der Waals surface area contributed by atoms with Crippen LogP contribution in [0.4, 0.5) is 5.69 Å². The van der Waals surface area contributed by atoms with Crippen LogP contribution in [0, 0.1) is 0 Å². The SMILES string of the molecule is CC(C)(C)c1ccc(C(=CC=CC(=O)Nc2cccc3cnccc23)c2ccco2)cc1. The summed E-state index contributed by atoms with van der Waals surface area (Å²) >= 11 is 0. The van der Waals surface area contributed by atoms with Crippen molar-refractivity contribution < 1.29 is 9.21 Å². The molecule has 2 aromatic heterocycles. The van der Waals surface area contributed by atoms with Gasteiger partial charge in [-0.2, -0.15) is 0 Å². The molecule has 0 fully saturated rings. The summed E-state index contributed by atoms with van der Waals surface area (Å²) in [4.78, 5) is 16.7. The molecule has 4 rings (SSSR count). The van der Waals surface area contributed by atoms with E-state index in [-0.39, 0.29) is 11.3 Å². The fraction of sp³-hybridized carbons (Fsp3) is 0.143. The van der Waals surface area contributed by atoms with E-state index in [0.717, 1.165) is 33.4 Å². The van der Waals surface area contributed by atoms with E-state index >= 15 is 0 Å². The number of benzene rings is 2. The number of amides is 1. The third-order valence-electron chi connectivity index (χ3n) is 5.30. The largest absolute Gasteiger partial charge is 0.464 e. The van der Waals surface area contributed by atoms with E-state index in [2.05, 4.69) is 55.3 Å². The first-order valence-corrected chi connectivity index (χ1v) is 10.6. The summed E-state index contributed by atoms with van der Waals surface area (Å²) < 4.78 is 5.64. The van der Waals surface area contributed by atoms with Crippen LogP contribution in [0.25, 0.3) is 16.3 Å². The molecule has 4 nitrogen and oxygen atoms in total. The van der Waals surface area contributed by atoms with Gasteiger partial charge in [0.15, 0.2) is 0 Å². The third kappa shape index (κ3) is 4.86. The molecule has 0 aliphatic heterocycles. The van der Waals surface area contributed by atoms with E-state index < -0.39 is 0 Å². The number of anilines is 1. The van der Waals surface area contributed by atoms with Crippen molar-refractivity contribution in [3.05, 3.63) is 114 Å². The highest BCUT2D eigenvalue weighted by atomic mass is 16.3. The van der Waals surface area contributed by atoms with Crippen molar-refractivity contribution in [2.45, 2.75) is 26.2 Å². The van der Waals surface area contributed by atoms with Crippen LogP contribution in [0.5, 0.6) is 0 Å². The molecule has 0 radical (unpaired) electrons. The number of rotatable bonds is 5. The first-order chi connectivity index (χ1) is 15.4. The molecule has 1 N–H and O–H groups in total. The monoisotopic (exact) mass is 422 g/mol. The maximum Gasteiger partial charge on any atom is 0.248 e. The number of hydrogen-bond donors (Lipinski definition) is 1. The highest BCUT2D eigenvalue weighted by Crippen LogP contribution is 2.28. The molecule has 160 valence electrons. The minimum atomic E-state index is -0.201. The van der Waals surface area contributed by atoms with Crippen LogP contribution in [0.3, 0.4) is 0 Å². The number of pyridine rings is 1. The summed E-state index contributed by atoms with van der Waals surface area (Å²) in [6.45, 7) is 6.58. The highest BCUT2D eigenvalue weighted by Gasteiger charge is 2.14. The molecule has 2 aromatic carbocycles. The zero-order chi connectivity index (χ0) is 22.6. The van der Waals surface area contributed by atoms with Crippen LogP contribution in [-0.2, 0) is 10.2 Å². The number of aromatic nitrogens is 1. The Morgan fingerprint density at radius 3 is 2.53 bits per heavy atom. The van der Waals surface area contributed by atoms with Crippen molar-refractivity contribution in [2.75, 3.05) is 5.32 Å². The minimum Gasteiger partial charge on any atom is -0.464 e. The second-order valence-corrected chi connectivity index (χ2v) is 8.64. The number of furan rings is 1. The van der Waals surface area contributed by atoms with Gasteiger partial charge in [-0.25, -0.2) is 0 Å². The van der Waals surface area contributed by atoms with Gasteiger partial charge in [-0.15, -0.1) is 0 Å². The number of allylic oxidation sites excluding steroid dienone is 2. The first-order valence-electron chi connectivity index (χ1n) is 10.6. The predicted molar refractivity (Wildman–Crippen MR) is 130 cm³/mol. The normalized spacial score (nSPS) is 12.4. The Balaban J connectivity index is 1.57. The number of hydrogen-bond acceptors (Lipinski definition) is 3. The Morgan fingerprint density at radius 2 is 1.81 bits per heavy atom. The molecule has 4 heteroatoms. The van der Waals surface area contributed by atoms with E-state index in [0.29, 0.717) is 0 Å². The van der Waals surface area contributed by atoms with E-state index in [1.54, 1.807) is 24.7 Å². The fourth-order valence-corrected chi connectivity index (χ4v) is 3.54. The number of nitrogens with one attached hydrogen (secondary N) is 1. The van der Waals surface area contributed by atoms with Crippen molar-refractivity contribution >= 4 is 27.9 Å². The molecule has 0 saturated carbocycles. The maximum absolute atomic E-state index is 12.5. The predicted octanol–water partition coefficient (Wildman–Crippen LogP) is 6.75. The lowest BCUT2D eigenvalue weighted by Gasteiger charge is -2.19. The van der Waals surface area contributed by atoms with Crippen molar-refractivity contribution in [3.63, 3.8) is 0 Å². The molecule has 0 saturated heterocycles. The van der Waals surface area contributed by atoms with Gasteiger partial charge < -0.3 is 9.73 Å². The highest BCUT2D eigenvalue weighted by molar-refractivity contribution is 6.06. The number of carbonyl (C=O) groups excluding carboxylic acids is 1. The molecule has 32 heavy (non-hydrogen) atoms. The Morgan fingerprint density at radius 1 is 1.00 bits per heavy atom. The van der Waals surface area contributed by atoms with Crippen LogP contribution >= 0.6 is 0 Å². The van der Waals surface area contributed by atoms with Crippen LogP contribution in [0.2, 0.25) is 0 Å². The number of carbonyl (C=O) groups is 1. The van der Waals surface area contributed by atoms with Gasteiger partial charge in [0.05, 0.1) is 6.26 Å². The summed E-state index contributed by atoms with van der Waals surface area (Å²) in [6, 6.07) is 19.9. The Hall–Kier alpha value is -3.92. The molecule has 4 aromatic rings. The second kappa shape index (κ2) is 9.06. The zero-order valence-corrected chi connectivity index (χ0v) is 18.5. The van der Waals surface area contributed by atoms with Gasteiger partial charge in [-0.05, 0) is 40.8 Å². The molecule has 0 bridgehead atoms. The van der Waals surface area contributed by atoms with Gasteiger partial charge in [0.25, 0.3) is 0 Å². The lowest BCUT2D eigenvalue weighted by atomic mass is 9.86. The van der Waals surface area contributed by atoms with Gasteiger partial charge in [0.1, 0.15) is 5.76 Å². The molecular weight excluding hydrogens is 396 g/mol. The van der Waals surface area contributed by atoms with Gasteiger partial charge in [0, 0.05) is 40.5 Å². The molecule has 0 aliphatic rings. The smallest absolute Gasteiger partial charge is 0.248 e. The zero-order valence-electron chi connectivity index (χ0n) is 18.5. The van der Waals surface area contributed by atoms with Gasteiger partial charge >= 0.3 is 0 Å². The van der Waals surface area contributed by atoms with Gasteiger partial charge in [-0.1, -0.05) is 69.3 Å². The van der Waals surface area contributed by atoms with Crippen LogP contribution in [0.15, 0.2) is 102 Å². The Kier molecular flexibility index (Phi) is 6.04. The number of fused-ring (bicyclic) bond motifs is 1. The first kappa shape index (κ1) is 21.3. The van der Waals surface area contributed by atoms with Crippen LogP contribution in [-0.4, -0.2) is 10.9 Å². The maximum atomic E-state index is 12.5. The minimum absolute atomic E-state index is 0.0861. The van der Waals surface area contributed by atoms with Crippen LogP contribution < -0.4 is 5.32 Å². The summed E-state index contributed by atoms with van der Waals surface area (Å²) in [7, 11) is 0. The quantitative estimate of drug-likeness (QED) is 0.286. The Bertz CT molecular complexity index is 1270. The molecule has 0 unspecified atom stereocenters.